The van der Waals surface area contributed by atoms with E-state index in [9.17, 15) is 18.8 Å². The van der Waals surface area contributed by atoms with Gasteiger partial charge in [0.15, 0.2) is 0 Å². The molecule has 152 valence electrons. The van der Waals surface area contributed by atoms with Gasteiger partial charge in [-0.05, 0) is 61.6 Å². The van der Waals surface area contributed by atoms with Crippen LogP contribution in [0.15, 0.2) is 18.2 Å². The monoisotopic (exact) mass is 389 g/mol. The lowest BCUT2D eigenvalue weighted by Gasteiger charge is -2.40. The molecule has 1 saturated heterocycles. The number of carbonyl (C=O) groups excluding carboxylic acids is 3. The third-order valence-electron chi connectivity index (χ3n) is 6.09. The Kier molecular flexibility index (Phi) is 5.21. The molecular weight excluding hydrogens is 361 g/mol. The topological polar surface area (TPSA) is 78.5 Å². The van der Waals surface area contributed by atoms with Crippen molar-refractivity contribution >= 4 is 23.5 Å². The second-order valence-electron chi connectivity index (χ2n) is 9.05. The number of nitrogens with zero attached hydrogens (tertiary/aromatic N) is 1. The molecule has 1 aliphatic heterocycles. The number of anilines is 1. The highest BCUT2D eigenvalue weighted by Crippen LogP contribution is 2.43. The number of urea groups is 1. The minimum atomic E-state index is -0.895. The molecule has 1 aliphatic carbocycles. The Bertz CT molecular complexity index is 808. The molecule has 0 bridgehead atoms. The van der Waals surface area contributed by atoms with Gasteiger partial charge in [0.2, 0.25) is 5.91 Å². The average molecular weight is 389 g/mol. The average Bonchev–Trinajstić information content (AvgIpc) is 2.82. The van der Waals surface area contributed by atoms with E-state index in [0.29, 0.717) is 30.0 Å². The molecule has 0 radical (unpaired) electrons. The molecule has 2 N–H and O–H groups in total. The third kappa shape index (κ3) is 3.88. The fourth-order valence-electron chi connectivity index (χ4n) is 4.20. The van der Waals surface area contributed by atoms with Gasteiger partial charge in [0.25, 0.3) is 5.91 Å². The number of halogens is 1. The Hall–Kier alpha value is -2.44. The van der Waals surface area contributed by atoms with Crippen LogP contribution < -0.4 is 10.6 Å². The first-order chi connectivity index (χ1) is 13.0. The van der Waals surface area contributed by atoms with Gasteiger partial charge in [0.05, 0.1) is 0 Å². The molecule has 1 aromatic rings. The lowest BCUT2D eigenvalue weighted by atomic mass is 9.67. The van der Waals surface area contributed by atoms with Gasteiger partial charge in [-0.25, -0.2) is 9.18 Å². The Morgan fingerprint density at radius 3 is 2.54 bits per heavy atom. The molecule has 7 heteroatoms. The lowest BCUT2D eigenvalue weighted by Crippen LogP contribution is -2.51. The van der Waals surface area contributed by atoms with Gasteiger partial charge in [0.1, 0.15) is 17.9 Å². The van der Waals surface area contributed by atoms with Crippen molar-refractivity contribution in [2.45, 2.75) is 58.9 Å². The molecule has 2 fully saturated rings. The summed E-state index contributed by atoms with van der Waals surface area (Å²) in [6.45, 7) is 7.93. The van der Waals surface area contributed by atoms with Gasteiger partial charge in [-0.1, -0.05) is 26.8 Å². The summed E-state index contributed by atoms with van der Waals surface area (Å²) in [5, 5.41) is 5.41. The van der Waals surface area contributed by atoms with E-state index in [1.807, 2.05) is 0 Å². The lowest BCUT2D eigenvalue weighted by molar-refractivity contribution is -0.135. The predicted molar refractivity (Wildman–Crippen MR) is 104 cm³/mol. The smallest absolute Gasteiger partial charge is 0.324 e. The summed E-state index contributed by atoms with van der Waals surface area (Å²) >= 11 is 0. The highest BCUT2D eigenvalue weighted by Gasteiger charge is 2.53. The SMILES string of the molecule is Cc1ccc(F)cc1NC(=O)CN1C(=O)NC2(CCC(C(C)(C)C)CC2)C1=O. The van der Waals surface area contributed by atoms with Gasteiger partial charge in [-0.3, -0.25) is 14.5 Å². The number of benzene rings is 1. The summed E-state index contributed by atoms with van der Waals surface area (Å²) in [6, 6.07) is 3.54. The van der Waals surface area contributed by atoms with Crippen LogP contribution in [0.4, 0.5) is 14.9 Å². The van der Waals surface area contributed by atoms with E-state index in [1.54, 1.807) is 13.0 Å². The van der Waals surface area contributed by atoms with Crippen molar-refractivity contribution in [1.82, 2.24) is 10.2 Å². The third-order valence-corrected chi connectivity index (χ3v) is 6.09. The van der Waals surface area contributed by atoms with Crippen LogP contribution in [-0.2, 0) is 9.59 Å². The fraction of sp³-hybridized carbons (Fsp3) is 0.571. The normalized spacial score (nSPS) is 25.2. The van der Waals surface area contributed by atoms with Crippen molar-refractivity contribution in [3.8, 4) is 0 Å². The molecule has 0 unspecified atom stereocenters. The van der Waals surface area contributed by atoms with E-state index in [1.165, 1.54) is 12.1 Å². The highest BCUT2D eigenvalue weighted by molar-refractivity contribution is 6.10. The van der Waals surface area contributed by atoms with Crippen LogP contribution in [0, 0.1) is 24.1 Å². The van der Waals surface area contributed by atoms with Gasteiger partial charge in [-0.15, -0.1) is 0 Å². The molecule has 1 aromatic carbocycles. The van der Waals surface area contributed by atoms with E-state index >= 15 is 0 Å². The Morgan fingerprint density at radius 1 is 1.29 bits per heavy atom. The minimum Gasteiger partial charge on any atom is -0.324 e. The summed E-state index contributed by atoms with van der Waals surface area (Å²) in [6.07, 6.45) is 2.89. The first kappa shape index (κ1) is 20.3. The maximum Gasteiger partial charge on any atom is 0.325 e. The van der Waals surface area contributed by atoms with Crippen LogP contribution in [0.3, 0.4) is 0 Å². The standard InChI is InChI=1S/C21H28FN3O3/c1-13-5-6-15(22)11-16(13)23-17(26)12-25-18(27)21(24-19(25)28)9-7-14(8-10-21)20(2,3)4/h5-6,11,14H,7-10,12H2,1-4H3,(H,23,26)(H,24,28). The van der Waals surface area contributed by atoms with Gasteiger partial charge in [0, 0.05) is 5.69 Å². The van der Waals surface area contributed by atoms with Crippen molar-refractivity contribution in [2.24, 2.45) is 11.3 Å². The maximum atomic E-state index is 13.4. The molecule has 0 aromatic heterocycles. The number of nitrogens with one attached hydrogen (secondary N) is 2. The van der Waals surface area contributed by atoms with E-state index in [0.717, 1.165) is 17.7 Å². The number of carbonyl (C=O) groups is 3. The first-order valence-electron chi connectivity index (χ1n) is 9.72. The summed E-state index contributed by atoms with van der Waals surface area (Å²) in [5.41, 5.74) is 0.296. The highest BCUT2D eigenvalue weighted by atomic mass is 19.1. The molecule has 6 nitrogen and oxygen atoms in total. The van der Waals surface area contributed by atoms with Crippen LogP contribution in [0.2, 0.25) is 0 Å². The van der Waals surface area contributed by atoms with E-state index < -0.39 is 23.3 Å². The van der Waals surface area contributed by atoms with Crippen LogP contribution in [-0.4, -0.2) is 34.8 Å². The largest absolute Gasteiger partial charge is 0.325 e. The molecule has 1 spiro atoms. The molecule has 0 atom stereocenters. The van der Waals surface area contributed by atoms with Gasteiger partial charge >= 0.3 is 6.03 Å². The fourth-order valence-corrected chi connectivity index (χ4v) is 4.20. The van der Waals surface area contributed by atoms with Crippen LogP contribution >= 0.6 is 0 Å². The molecule has 2 aliphatic rings. The van der Waals surface area contributed by atoms with Gasteiger partial charge in [-0.2, -0.15) is 0 Å². The zero-order valence-electron chi connectivity index (χ0n) is 16.9. The quantitative estimate of drug-likeness (QED) is 0.776. The van der Waals surface area contributed by atoms with E-state index in [-0.39, 0.29) is 17.9 Å². The second kappa shape index (κ2) is 7.18. The summed E-state index contributed by atoms with van der Waals surface area (Å²) < 4.78 is 13.4. The Morgan fingerprint density at radius 2 is 1.93 bits per heavy atom. The molecule has 1 saturated carbocycles. The van der Waals surface area contributed by atoms with E-state index in [2.05, 4.69) is 31.4 Å². The Labute approximate surface area is 164 Å². The second-order valence-corrected chi connectivity index (χ2v) is 9.05. The van der Waals surface area contributed by atoms with Crippen LogP contribution in [0.1, 0.15) is 52.0 Å². The van der Waals surface area contributed by atoms with E-state index in [4.69, 9.17) is 0 Å². The molecule has 3 rings (SSSR count). The number of rotatable bonds is 3. The summed E-state index contributed by atoms with van der Waals surface area (Å²) in [4.78, 5) is 38.7. The zero-order chi connectivity index (χ0) is 20.7. The van der Waals surface area contributed by atoms with Crippen molar-refractivity contribution in [3.05, 3.63) is 29.6 Å². The van der Waals surface area contributed by atoms with Crippen molar-refractivity contribution in [3.63, 3.8) is 0 Å². The molecule has 28 heavy (non-hydrogen) atoms. The molecule has 4 amide bonds. The number of hydrogen-bond donors (Lipinski definition) is 2. The van der Waals surface area contributed by atoms with Crippen molar-refractivity contribution in [2.75, 3.05) is 11.9 Å². The first-order valence-corrected chi connectivity index (χ1v) is 9.72. The van der Waals surface area contributed by atoms with Crippen LogP contribution in [0.25, 0.3) is 0 Å². The summed E-state index contributed by atoms with van der Waals surface area (Å²) in [7, 11) is 0. The number of hydrogen-bond acceptors (Lipinski definition) is 3. The number of aryl methyl sites for hydroxylation is 1. The van der Waals surface area contributed by atoms with Crippen LogP contribution in [0.5, 0.6) is 0 Å². The summed E-state index contributed by atoms with van der Waals surface area (Å²) in [5.74, 6) is -0.838. The zero-order valence-corrected chi connectivity index (χ0v) is 16.9. The van der Waals surface area contributed by atoms with Crippen molar-refractivity contribution in [1.29, 1.82) is 0 Å². The maximum absolute atomic E-state index is 13.4. The van der Waals surface area contributed by atoms with Gasteiger partial charge < -0.3 is 10.6 Å². The molecule has 1 heterocycles. The molecular formula is C21H28FN3O3. The Balaban J connectivity index is 1.66. The number of amides is 4. The predicted octanol–water partition coefficient (Wildman–Crippen LogP) is 3.60. The van der Waals surface area contributed by atoms with Crippen molar-refractivity contribution < 1.29 is 18.8 Å². The minimum absolute atomic E-state index is 0.162. The number of imide groups is 1.